The molecule has 0 spiro atoms. The van der Waals surface area contributed by atoms with Crippen LogP contribution in [0.2, 0.25) is 0 Å². The molecular weight excluding hydrogens is 428 g/mol. The summed E-state index contributed by atoms with van der Waals surface area (Å²) in [6.07, 6.45) is 4.63. The van der Waals surface area contributed by atoms with Crippen molar-refractivity contribution in [3.8, 4) is 5.69 Å². The van der Waals surface area contributed by atoms with Crippen LogP contribution >= 0.6 is 0 Å². The van der Waals surface area contributed by atoms with E-state index in [4.69, 9.17) is 4.74 Å². The smallest absolute Gasteiger partial charge is 0.331 e. The molecule has 0 aliphatic carbocycles. The summed E-state index contributed by atoms with van der Waals surface area (Å²) in [6, 6.07) is 20.9. The lowest BCUT2D eigenvalue weighted by Crippen LogP contribution is -2.21. The van der Waals surface area contributed by atoms with E-state index >= 15 is 0 Å². The highest BCUT2D eigenvalue weighted by Crippen LogP contribution is 2.26. The number of nitrogens with one attached hydrogen (secondary N) is 1. The first-order valence-electron chi connectivity index (χ1n) is 11.0. The standard InChI is InChI=1S/C27H26N4O3/c1-27(2,3)22-17-23(31(30-22)21-12-5-4-6-13-21)29-24(32)18-34-25(33)15-14-20-10-7-9-19-11-8-16-28-26(19)20/h4-17H,18H2,1-3H3,(H,29,32)/b15-14+. The van der Waals surface area contributed by atoms with Crippen molar-refractivity contribution in [1.29, 1.82) is 0 Å². The molecular formula is C27H26N4O3. The molecule has 0 fully saturated rings. The minimum Gasteiger partial charge on any atom is -0.452 e. The fraction of sp³-hybridized carbons (Fsp3) is 0.185. The van der Waals surface area contributed by atoms with Gasteiger partial charge >= 0.3 is 5.97 Å². The summed E-state index contributed by atoms with van der Waals surface area (Å²) >= 11 is 0. The van der Waals surface area contributed by atoms with Gasteiger partial charge in [-0.15, -0.1) is 0 Å². The number of benzene rings is 2. The number of carbonyl (C=O) groups is 2. The lowest BCUT2D eigenvalue weighted by atomic mass is 9.92. The largest absolute Gasteiger partial charge is 0.452 e. The van der Waals surface area contributed by atoms with Crippen LogP contribution in [0.25, 0.3) is 22.7 Å². The van der Waals surface area contributed by atoms with Crippen molar-refractivity contribution in [3.05, 3.63) is 90.3 Å². The number of ether oxygens (including phenoxy) is 1. The molecule has 1 amide bonds. The van der Waals surface area contributed by atoms with E-state index in [1.54, 1.807) is 17.0 Å². The van der Waals surface area contributed by atoms with Crippen molar-refractivity contribution in [2.75, 3.05) is 11.9 Å². The molecule has 172 valence electrons. The second kappa shape index (κ2) is 9.70. The molecule has 0 aliphatic rings. The molecule has 0 unspecified atom stereocenters. The molecule has 34 heavy (non-hydrogen) atoms. The number of para-hydroxylation sites is 2. The zero-order chi connectivity index (χ0) is 24.1. The highest BCUT2D eigenvalue weighted by molar-refractivity contribution is 5.96. The monoisotopic (exact) mass is 454 g/mol. The van der Waals surface area contributed by atoms with Crippen LogP contribution in [0.3, 0.4) is 0 Å². The Morgan fingerprint density at radius 1 is 1.03 bits per heavy atom. The van der Waals surface area contributed by atoms with E-state index in [1.165, 1.54) is 6.08 Å². The third-order valence-electron chi connectivity index (χ3n) is 5.15. The van der Waals surface area contributed by atoms with Gasteiger partial charge in [-0.05, 0) is 24.3 Å². The highest BCUT2D eigenvalue weighted by atomic mass is 16.5. The van der Waals surface area contributed by atoms with Crippen molar-refractivity contribution in [1.82, 2.24) is 14.8 Å². The first-order chi connectivity index (χ1) is 16.3. The second-order valence-electron chi connectivity index (χ2n) is 8.82. The van der Waals surface area contributed by atoms with Gasteiger partial charge in [-0.25, -0.2) is 9.48 Å². The number of rotatable bonds is 6. The number of pyridine rings is 1. The van der Waals surface area contributed by atoms with E-state index < -0.39 is 18.5 Å². The fourth-order valence-corrected chi connectivity index (χ4v) is 3.39. The lowest BCUT2D eigenvalue weighted by molar-refractivity contribution is -0.142. The Balaban J connectivity index is 1.42. The fourth-order valence-electron chi connectivity index (χ4n) is 3.39. The number of hydrogen-bond donors (Lipinski definition) is 1. The van der Waals surface area contributed by atoms with Gasteiger partial charge in [0.25, 0.3) is 5.91 Å². The Morgan fingerprint density at radius 3 is 2.56 bits per heavy atom. The molecule has 0 atom stereocenters. The van der Waals surface area contributed by atoms with E-state index in [0.29, 0.717) is 5.82 Å². The average Bonchev–Trinajstić information content (AvgIpc) is 3.26. The Kier molecular flexibility index (Phi) is 6.54. The van der Waals surface area contributed by atoms with Crippen molar-refractivity contribution in [2.24, 2.45) is 0 Å². The van der Waals surface area contributed by atoms with Gasteiger partial charge in [0.05, 0.1) is 16.9 Å². The number of anilines is 1. The number of fused-ring (bicyclic) bond motifs is 1. The van der Waals surface area contributed by atoms with Gasteiger partial charge in [0.15, 0.2) is 6.61 Å². The van der Waals surface area contributed by atoms with Gasteiger partial charge in [0, 0.05) is 34.7 Å². The highest BCUT2D eigenvalue weighted by Gasteiger charge is 2.21. The second-order valence-corrected chi connectivity index (χ2v) is 8.82. The third kappa shape index (κ3) is 5.38. The predicted octanol–water partition coefficient (Wildman–Crippen LogP) is 4.91. The normalized spacial score (nSPS) is 11.6. The first kappa shape index (κ1) is 22.9. The Hall–Kier alpha value is -4.26. The maximum Gasteiger partial charge on any atom is 0.331 e. The molecule has 2 aromatic heterocycles. The average molecular weight is 455 g/mol. The van der Waals surface area contributed by atoms with E-state index in [-0.39, 0.29) is 5.41 Å². The maximum absolute atomic E-state index is 12.5. The Labute approximate surface area is 198 Å². The summed E-state index contributed by atoms with van der Waals surface area (Å²) in [5.74, 6) is -0.560. The van der Waals surface area contributed by atoms with Crippen LogP contribution in [-0.2, 0) is 19.7 Å². The van der Waals surface area contributed by atoms with Gasteiger partial charge in [-0.2, -0.15) is 5.10 Å². The Morgan fingerprint density at radius 2 is 1.79 bits per heavy atom. The van der Waals surface area contributed by atoms with Crippen molar-refractivity contribution in [2.45, 2.75) is 26.2 Å². The van der Waals surface area contributed by atoms with Gasteiger partial charge < -0.3 is 10.1 Å². The minimum atomic E-state index is -0.616. The van der Waals surface area contributed by atoms with Crippen molar-refractivity contribution >= 4 is 34.7 Å². The maximum atomic E-state index is 12.5. The quantitative estimate of drug-likeness (QED) is 0.330. The van der Waals surface area contributed by atoms with Crippen molar-refractivity contribution in [3.63, 3.8) is 0 Å². The summed E-state index contributed by atoms with van der Waals surface area (Å²) in [7, 11) is 0. The number of esters is 1. The molecule has 0 saturated carbocycles. The molecule has 0 radical (unpaired) electrons. The molecule has 4 aromatic rings. The molecule has 2 heterocycles. The van der Waals surface area contributed by atoms with Crippen LogP contribution in [0.1, 0.15) is 32.0 Å². The summed E-state index contributed by atoms with van der Waals surface area (Å²) in [4.78, 5) is 29.1. The van der Waals surface area contributed by atoms with Gasteiger partial charge in [0.2, 0.25) is 0 Å². The number of nitrogens with zero attached hydrogens (tertiary/aromatic N) is 3. The van der Waals surface area contributed by atoms with E-state index in [9.17, 15) is 9.59 Å². The summed E-state index contributed by atoms with van der Waals surface area (Å²) in [6.45, 7) is 5.74. The zero-order valence-electron chi connectivity index (χ0n) is 19.4. The van der Waals surface area contributed by atoms with E-state index in [0.717, 1.165) is 27.8 Å². The Bertz CT molecular complexity index is 1350. The summed E-state index contributed by atoms with van der Waals surface area (Å²) < 4.78 is 6.82. The zero-order valence-corrected chi connectivity index (χ0v) is 19.4. The molecule has 1 N–H and O–H groups in total. The van der Waals surface area contributed by atoms with E-state index in [2.05, 4.69) is 36.2 Å². The van der Waals surface area contributed by atoms with Crippen LogP contribution in [0.5, 0.6) is 0 Å². The first-order valence-corrected chi connectivity index (χ1v) is 11.0. The van der Waals surface area contributed by atoms with Crippen LogP contribution < -0.4 is 5.32 Å². The molecule has 2 aromatic carbocycles. The molecule has 7 heteroatoms. The van der Waals surface area contributed by atoms with Crippen molar-refractivity contribution < 1.29 is 14.3 Å². The molecule has 7 nitrogen and oxygen atoms in total. The lowest BCUT2D eigenvalue weighted by Gasteiger charge is -2.14. The molecule has 4 rings (SSSR count). The van der Waals surface area contributed by atoms with Crippen LogP contribution in [0, 0.1) is 0 Å². The van der Waals surface area contributed by atoms with Crippen LogP contribution in [0.15, 0.2) is 79.0 Å². The van der Waals surface area contributed by atoms with Gasteiger partial charge in [-0.1, -0.05) is 63.2 Å². The van der Waals surface area contributed by atoms with Crippen LogP contribution in [0.4, 0.5) is 5.82 Å². The number of aromatic nitrogens is 3. The topological polar surface area (TPSA) is 86.1 Å². The van der Waals surface area contributed by atoms with Gasteiger partial charge in [0.1, 0.15) is 5.82 Å². The SMILES string of the molecule is CC(C)(C)c1cc(NC(=O)COC(=O)/C=C/c2cccc3cccnc23)n(-c2ccccc2)n1. The molecule has 0 aliphatic heterocycles. The molecule has 0 saturated heterocycles. The predicted molar refractivity (Wildman–Crippen MR) is 133 cm³/mol. The van der Waals surface area contributed by atoms with Crippen LogP contribution in [-0.4, -0.2) is 33.2 Å². The molecule has 0 bridgehead atoms. The number of amides is 1. The number of hydrogen-bond acceptors (Lipinski definition) is 5. The third-order valence-corrected chi connectivity index (χ3v) is 5.15. The number of carbonyl (C=O) groups excluding carboxylic acids is 2. The summed E-state index contributed by atoms with van der Waals surface area (Å²) in [5.41, 5.74) is 3.02. The van der Waals surface area contributed by atoms with E-state index in [1.807, 2.05) is 66.7 Å². The van der Waals surface area contributed by atoms with Gasteiger partial charge in [-0.3, -0.25) is 9.78 Å². The summed E-state index contributed by atoms with van der Waals surface area (Å²) in [5, 5.41) is 8.44. The minimum absolute atomic E-state index is 0.201.